The van der Waals surface area contributed by atoms with E-state index in [1.807, 2.05) is 0 Å². The zero-order valence-electron chi connectivity index (χ0n) is 7.99. The molecular formula is C9H13N3O2. The fourth-order valence-corrected chi connectivity index (χ4v) is 0.894. The average molecular weight is 195 g/mol. The number of hydrogen-bond donors (Lipinski definition) is 2. The van der Waals surface area contributed by atoms with Crippen LogP contribution in [-0.4, -0.2) is 17.5 Å². The first-order valence-electron chi connectivity index (χ1n) is 4.33. The Morgan fingerprint density at radius 1 is 1.64 bits per heavy atom. The number of nitrogens with one attached hydrogen (secondary N) is 1. The van der Waals surface area contributed by atoms with Crippen molar-refractivity contribution in [3.63, 3.8) is 0 Å². The van der Waals surface area contributed by atoms with E-state index in [9.17, 15) is 4.79 Å². The Labute approximate surface area is 82.2 Å². The molecule has 1 aromatic rings. The van der Waals surface area contributed by atoms with Gasteiger partial charge >= 0.3 is 0 Å². The molecule has 0 aliphatic heterocycles. The van der Waals surface area contributed by atoms with Crippen LogP contribution < -0.4 is 11.2 Å². The number of rotatable bonds is 4. The summed E-state index contributed by atoms with van der Waals surface area (Å²) in [6.45, 7) is 2.24. The van der Waals surface area contributed by atoms with Gasteiger partial charge in [0, 0.05) is 5.69 Å². The van der Waals surface area contributed by atoms with E-state index in [0.29, 0.717) is 18.0 Å². The van der Waals surface area contributed by atoms with Crippen LogP contribution in [0.15, 0.2) is 18.3 Å². The van der Waals surface area contributed by atoms with Crippen molar-refractivity contribution in [2.75, 3.05) is 12.3 Å². The highest BCUT2D eigenvalue weighted by Crippen LogP contribution is 2.01. The van der Waals surface area contributed by atoms with Crippen LogP contribution in [0.5, 0.6) is 0 Å². The van der Waals surface area contributed by atoms with Gasteiger partial charge in [-0.1, -0.05) is 0 Å². The number of nitrogens with two attached hydrogens (primary N) is 1. The number of nitrogen functional groups attached to an aromatic ring is 1. The largest absolute Gasteiger partial charge is 0.397 e. The maximum Gasteiger partial charge on any atom is 0.249 e. The fourth-order valence-electron chi connectivity index (χ4n) is 0.894. The summed E-state index contributed by atoms with van der Waals surface area (Å²) in [4.78, 5) is 19.9. The first-order valence-corrected chi connectivity index (χ1v) is 4.33. The summed E-state index contributed by atoms with van der Waals surface area (Å²) in [5, 5.41) is 0. The molecule has 0 saturated heterocycles. The lowest BCUT2D eigenvalue weighted by Crippen LogP contribution is -2.25. The molecular weight excluding hydrogens is 182 g/mol. The molecule has 5 heteroatoms. The zero-order valence-corrected chi connectivity index (χ0v) is 7.99. The van der Waals surface area contributed by atoms with Gasteiger partial charge in [-0.15, -0.1) is 0 Å². The molecule has 0 saturated carbocycles. The van der Waals surface area contributed by atoms with E-state index in [-0.39, 0.29) is 12.3 Å². The van der Waals surface area contributed by atoms with Crippen LogP contribution in [0.25, 0.3) is 0 Å². The van der Waals surface area contributed by atoms with E-state index in [4.69, 9.17) is 10.6 Å². The van der Waals surface area contributed by atoms with Crippen LogP contribution in [-0.2, 0) is 16.1 Å². The Morgan fingerprint density at radius 2 is 2.43 bits per heavy atom. The molecule has 0 atom stereocenters. The minimum atomic E-state index is -0.218. The van der Waals surface area contributed by atoms with E-state index < -0.39 is 0 Å². The molecule has 0 unspecified atom stereocenters. The summed E-state index contributed by atoms with van der Waals surface area (Å²) in [5.74, 6) is -0.218. The first kappa shape index (κ1) is 10.5. The van der Waals surface area contributed by atoms with Crippen LogP contribution in [0.3, 0.4) is 0 Å². The normalized spacial score (nSPS) is 9.79. The minimum Gasteiger partial charge on any atom is -0.397 e. The third-order valence-corrected chi connectivity index (χ3v) is 1.52. The van der Waals surface area contributed by atoms with Crippen LogP contribution in [0.1, 0.15) is 12.6 Å². The van der Waals surface area contributed by atoms with Crippen molar-refractivity contribution in [1.29, 1.82) is 0 Å². The summed E-state index contributed by atoms with van der Waals surface area (Å²) in [6, 6.07) is 3.41. The fraction of sp³-hybridized carbons (Fsp3) is 0.333. The third kappa shape index (κ3) is 3.40. The van der Waals surface area contributed by atoms with Crippen molar-refractivity contribution in [2.45, 2.75) is 13.3 Å². The molecule has 1 rings (SSSR count). The second kappa shape index (κ2) is 5.18. The molecule has 0 radical (unpaired) electrons. The molecule has 5 nitrogen and oxygen atoms in total. The van der Waals surface area contributed by atoms with Crippen molar-refractivity contribution < 1.29 is 9.63 Å². The summed E-state index contributed by atoms with van der Waals surface area (Å²) < 4.78 is 0. The van der Waals surface area contributed by atoms with Crippen molar-refractivity contribution >= 4 is 11.6 Å². The quantitative estimate of drug-likeness (QED) is 0.676. The van der Waals surface area contributed by atoms with Gasteiger partial charge in [0.25, 0.3) is 0 Å². The predicted molar refractivity (Wildman–Crippen MR) is 52.1 cm³/mol. The Hall–Kier alpha value is -1.62. The molecule has 3 N–H and O–H groups in total. The topological polar surface area (TPSA) is 77.2 Å². The standard InChI is InChI=1S/C9H13N3O2/c1-2-14-12-9(13)5-8-4-3-7(10)6-11-8/h3-4,6H,2,5,10H2,1H3,(H,12,13). The summed E-state index contributed by atoms with van der Waals surface area (Å²) in [5.41, 5.74) is 8.98. The van der Waals surface area contributed by atoms with Crippen molar-refractivity contribution in [3.8, 4) is 0 Å². The van der Waals surface area contributed by atoms with Crippen molar-refractivity contribution in [2.24, 2.45) is 0 Å². The van der Waals surface area contributed by atoms with Gasteiger partial charge in [0.15, 0.2) is 0 Å². The Bertz CT molecular complexity index is 297. The molecule has 0 bridgehead atoms. The van der Waals surface area contributed by atoms with Gasteiger partial charge in [0.1, 0.15) is 0 Å². The Balaban J connectivity index is 2.44. The molecule has 1 heterocycles. The van der Waals surface area contributed by atoms with Crippen molar-refractivity contribution in [3.05, 3.63) is 24.0 Å². The average Bonchev–Trinajstić information content (AvgIpc) is 2.18. The molecule has 14 heavy (non-hydrogen) atoms. The van der Waals surface area contributed by atoms with Crippen LogP contribution >= 0.6 is 0 Å². The van der Waals surface area contributed by atoms with Gasteiger partial charge in [0.2, 0.25) is 5.91 Å². The van der Waals surface area contributed by atoms with E-state index >= 15 is 0 Å². The molecule has 1 amide bonds. The zero-order chi connectivity index (χ0) is 10.4. The van der Waals surface area contributed by atoms with E-state index in [0.717, 1.165) is 0 Å². The number of aromatic nitrogens is 1. The Morgan fingerprint density at radius 3 is 3.00 bits per heavy atom. The molecule has 1 aromatic heterocycles. The smallest absolute Gasteiger partial charge is 0.249 e. The number of hydrogen-bond acceptors (Lipinski definition) is 4. The highest BCUT2D eigenvalue weighted by atomic mass is 16.6. The molecule has 0 fully saturated rings. The number of pyridine rings is 1. The summed E-state index contributed by atoms with van der Waals surface area (Å²) in [6.07, 6.45) is 1.71. The summed E-state index contributed by atoms with van der Waals surface area (Å²) in [7, 11) is 0. The number of nitrogens with zero attached hydrogens (tertiary/aromatic N) is 1. The lowest BCUT2D eigenvalue weighted by atomic mass is 10.2. The van der Waals surface area contributed by atoms with Crippen molar-refractivity contribution in [1.82, 2.24) is 10.5 Å². The number of carbonyl (C=O) groups is 1. The van der Waals surface area contributed by atoms with Crippen LogP contribution in [0, 0.1) is 0 Å². The lowest BCUT2D eigenvalue weighted by Gasteiger charge is -2.03. The van der Waals surface area contributed by atoms with Gasteiger partial charge in [-0.05, 0) is 19.1 Å². The Kier molecular flexibility index (Phi) is 3.87. The maximum atomic E-state index is 11.1. The van der Waals surface area contributed by atoms with Crippen LogP contribution in [0.4, 0.5) is 5.69 Å². The monoisotopic (exact) mass is 195 g/mol. The first-order chi connectivity index (χ1) is 6.72. The van der Waals surface area contributed by atoms with Crippen LogP contribution in [0.2, 0.25) is 0 Å². The molecule has 0 aliphatic rings. The lowest BCUT2D eigenvalue weighted by molar-refractivity contribution is -0.132. The van der Waals surface area contributed by atoms with Gasteiger partial charge < -0.3 is 5.73 Å². The molecule has 0 spiro atoms. The summed E-state index contributed by atoms with van der Waals surface area (Å²) >= 11 is 0. The predicted octanol–water partition coefficient (Wildman–Crippen LogP) is 0.274. The second-order valence-electron chi connectivity index (χ2n) is 2.72. The highest BCUT2D eigenvalue weighted by Gasteiger charge is 2.03. The van der Waals surface area contributed by atoms with E-state index in [2.05, 4.69) is 10.5 Å². The highest BCUT2D eigenvalue weighted by molar-refractivity contribution is 5.77. The van der Waals surface area contributed by atoms with Gasteiger partial charge in [0.05, 0.1) is 24.9 Å². The SMILES string of the molecule is CCONC(=O)Cc1ccc(N)cn1. The molecule has 0 aliphatic carbocycles. The maximum absolute atomic E-state index is 11.1. The number of carbonyl (C=O) groups excluding carboxylic acids is 1. The number of amides is 1. The second-order valence-corrected chi connectivity index (χ2v) is 2.72. The number of anilines is 1. The van der Waals surface area contributed by atoms with Gasteiger partial charge in [-0.3, -0.25) is 14.6 Å². The van der Waals surface area contributed by atoms with E-state index in [1.165, 1.54) is 6.20 Å². The molecule has 76 valence electrons. The van der Waals surface area contributed by atoms with Gasteiger partial charge in [-0.25, -0.2) is 5.48 Å². The molecule has 0 aromatic carbocycles. The third-order valence-electron chi connectivity index (χ3n) is 1.52. The van der Waals surface area contributed by atoms with Gasteiger partial charge in [-0.2, -0.15) is 0 Å². The van der Waals surface area contributed by atoms with E-state index in [1.54, 1.807) is 19.1 Å². The minimum absolute atomic E-state index is 0.195. The number of hydroxylamine groups is 1.